The summed E-state index contributed by atoms with van der Waals surface area (Å²) in [7, 11) is 0. The lowest BCUT2D eigenvalue weighted by molar-refractivity contribution is -0.130. The van der Waals surface area contributed by atoms with Crippen LogP contribution in [-0.2, 0) is 4.79 Å². The van der Waals surface area contributed by atoms with Gasteiger partial charge in [0, 0.05) is 44.4 Å². The number of aromatic nitrogens is 2. The number of benzene rings is 3. The van der Waals surface area contributed by atoms with Crippen molar-refractivity contribution in [2.45, 2.75) is 20.8 Å². The minimum atomic E-state index is -0.397. The van der Waals surface area contributed by atoms with Gasteiger partial charge in [-0.25, -0.2) is 0 Å². The first kappa shape index (κ1) is 26.7. The third-order valence-electron chi connectivity index (χ3n) is 7.11. The predicted molar refractivity (Wildman–Crippen MR) is 154 cm³/mol. The number of para-hydroxylation sites is 1. The first-order valence-electron chi connectivity index (χ1n) is 13.2. The van der Waals surface area contributed by atoms with E-state index < -0.39 is 5.56 Å². The molecule has 2 heterocycles. The summed E-state index contributed by atoms with van der Waals surface area (Å²) in [5.41, 5.74) is 3.47. The quantitative estimate of drug-likeness (QED) is 0.383. The van der Waals surface area contributed by atoms with E-state index in [0.29, 0.717) is 48.9 Å². The normalized spacial score (nSPS) is 13.2. The van der Waals surface area contributed by atoms with Gasteiger partial charge in [-0.2, -0.15) is 9.78 Å². The van der Waals surface area contributed by atoms with Crippen LogP contribution in [0.25, 0.3) is 5.69 Å². The first-order valence-corrected chi connectivity index (χ1v) is 13.2. The number of anilines is 2. The van der Waals surface area contributed by atoms with Crippen molar-refractivity contribution in [2.24, 2.45) is 0 Å². The molecule has 1 aliphatic rings. The number of aryl methyl sites for hydroxylation is 1. The summed E-state index contributed by atoms with van der Waals surface area (Å²) in [6.07, 6.45) is 1.52. The monoisotopic (exact) mass is 537 g/mol. The molecule has 0 unspecified atom stereocenters. The van der Waals surface area contributed by atoms with Crippen molar-refractivity contribution in [1.82, 2.24) is 19.6 Å². The van der Waals surface area contributed by atoms with E-state index in [2.05, 4.69) is 10.4 Å². The van der Waals surface area contributed by atoms with E-state index in [9.17, 15) is 14.4 Å². The summed E-state index contributed by atoms with van der Waals surface area (Å²) in [5.74, 6) is 0.768. The number of carbonyl (C=O) groups excluding carboxylic acids is 2. The Balaban J connectivity index is 1.48. The molecule has 0 bridgehead atoms. The number of nitrogens with one attached hydrogen (secondary N) is 1. The molecule has 1 fully saturated rings. The standard InChI is InChI=1S/C31H31N5O4/c1-21-9-7-14-27(22(21)2)40-28-20-32-36(26-12-5-4-6-13-26)31(39)29(28)33-25-11-8-10-24(19-25)30(38)35-17-15-34(16-18-35)23(3)37/h4-14,19-20,33H,15-18H2,1-3H3. The fourth-order valence-corrected chi connectivity index (χ4v) is 4.62. The van der Waals surface area contributed by atoms with Gasteiger partial charge < -0.3 is 19.9 Å². The van der Waals surface area contributed by atoms with Crippen molar-refractivity contribution >= 4 is 23.2 Å². The van der Waals surface area contributed by atoms with Gasteiger partial charge in [-0.05, 0) is 61.4 Å². The number of ether oxygens (including phenoxy) is 1. The van der Waals surface area contributed by atoms with E-state index in [1.807, 2.05) is 50.2 Å². The Labute approximate surface area is 232 Å². The summed E-state index contributed by atoms with van der Waals surface area (Å²) in [6, 6.07) is 21.9. The first-order chi connectivity index (χ1) is 19.3. The molecule has 0 atom stereocenters. The van der Waals surface area contributed by atoms with Gasteiger partial charge in [0.05, 0.1) is 11.9 Å². The third kappa shape index (κ3) is 5.58. The van der Waals surface area contributed by atoms with Gasteiger partial charge >= 0.3 is 0 Å². The van der Waals surface area contributed by atoms with Crippen molar-refractivity contribution in [2.75, 3.05) is 31.5 Å². The van der Waals surface area contributed by atoms with Crippen molar-refractivity contribution in [3.8, 4) is 17.2 Å². The van der Waals surface area contributed by atoms with E-state index in [-0.39, 0.29) is 23.3 Å². The van der Waals surface area contributed by atoms with Crippen LogP contribution in [0.3, 0.4) is 0 Å². The van der Waals surface area contributed by atoms with Crippen molar-refractivity contribution in [3.63, 3.8) is 0 Å². The van der Waals surface area contributed by atoms with Gasteiger partial charge in [0.1, 0.15) is 5.75 Å². The van der Waals surface area contributed by atoms with Crippen LogP contribution in [0.4, 0.5) is 11.4 Å². The highest BCUT2D eigenvalue weighted by molar-refractivity contribution is 5.95. The minimum Gasteiger partial charge on any atom is -0.453 e. The Bertz CT molecular complexity index is 1610. The van der Waals surface area contributed by atoms with Gasteiger partial charge in [-0.1, -0.05) is 36.4 Å². The van der Waals surface area contributed by atoms with Gasteiger partial charge in [-0.3, -0.25) is 14.4 Å². The second kappa shape index (κ2) is 11.4. The molecular formula is C31H31N5O4. The molecule has 1 aromatic heterocycles. The zero-order valence-corrected chi connectivity index (χ0v) is 22.8. The van der Waals surface area contributed by atoms with Crippen LogP contribution >= 0.6 is 0 Å². The maximum atomic E-state index is 13.7. The smallest absolute Gasteiger partial charge is 0.299 e. The fraction of sp³-hybridized carbons (Fsp3) is 0.226. The zero-order valence-electron chi connectivity index (χ0n) is 22.8. The number of piperazine rings is 1. The summed E-state index contributed by atoms with van der Waals surface area (Å²) < 4.78 is 7.53. The lowest BCUT2D eigenvalue weighted by atomic mass is 10.1. The topological polar surface area (TPSA) is 96.8 Å². The molecule has 204 valence electrons. The molecule has 9 heteroatoms. The van der Waals surface area contributed by atoms with E-state index in [1.165, 1.54) is 17.8 Å². The minimum absolute atomic E-state index is 0.00989. The van der Waals surface area contributed by atoms with Gasteiger partial charge in [-0.15, -0.1) is 0 Å². The number of amides is 2. The number of hydrogen-bond donors (Lipinski definition) is 1. The average molecular weight is 538 g/mol. The molecular weight excluding hydrogens is 506 g/mol. The van der Waals surface area contributed by atoms with E-state index in [4.69, 9.17) is 4.74 Å². The highest BCUT2D eigenvalue weighted by atomic mass is 16.5. The Morgan fingerprint density at radius 1 is 0.850 bits per heavy atom. The van der Waals surface area contributed by atoms with E-state index in [1.54, 1.807) is 46.2 Å². The lowest BCUT2D eigenvalue weighted by Crippen LogP contribution is -2.50. The second-order valence-corrected chi connectivity index (χ2v) is 9.74. The van der Waals surface area contributed by atoms with Crippen LogP contribution in [0.2, 0.25) is 0 Å². The average Bonchev–Trinajstić information content (AvgIpc) is 2.97. The molecule has 5 rings (SSSR count). The Morgan fingerprint density at radius 3 is 2.27 bits per heavy atom. The van der Waals surface area contributed by atoms with Crippen molar-refractivity contribution in [3.05, 3.63) is 106 Å². The molecule has 0 saturated carbocycles. The molecule has 2 amide bonds. The predicted octanol–water partition coefficient (Wildman–Crippen LogP) is 4.69. The number of rotatable bonds is 6. The maximum absolute atomic E-state index is 13.7. The van der Waals surface area contributed by atoms with Crippen LogP contribution in [0.1, 0.15) is 28.4 Å². The summed E-state index contributed by atoms with van der Waals surface area (Å²) in [5, 5.41) is 7.58. The fourth-order valence-electron chi connectivity index (χ4n) is 4.62. The third-order valence-corrected chi connectivity index (χ3v) is 7.11. The molecule has 4 aromatic rings. The number of nitrogens with zero attached hydrogens (tertiary/aromatic N) is 4. The highest BCUT2D eigenvalue weighted by Gasteiger charge is 2.24. The molecule has 1 aliphatic heterocycles. The van der Waals surface area contributed by atoms with E-state index >= 15 is 0 Å². The van der Waals surface area contributed by atoms with Crippen LogP contribution in [0.15, 0.2) is 83.8 Å². The van der Waals surface area contributed by atoms with Crippen LogP contribution < -0.4 is 15.6 Å². The molecule has 1 saturated heterocycles. The van der Waals surface area contributed by atoms with Crippen LogP contribution in [0, 0.1) is 13.8 Å². The molecule has 40 heavy (non-hydrogen) atoms. The van der Waals surface area contributed by atoms with Gasteiger partial charge in [0.15, 0.2) is 11.4 Å². The molecule has 0 spiro atoms. The summed E-state index contributed by atoms with van der Waals surface area (Å²) >= 11 is 0. The number of hydrogen-bond acceptors (Lipinski definition) is 6. The number of carbonyl (C=O) groups is 2. The zero-order chi connectivity index (χ0) is 28.2. The Morgan fingerprint density at radius 2 is 1.55 bits per heavy atom. The Kier molecular flexibility index (Phi) is 7.63. The van der Waals surface area contributed by atoms with Crippen LogP contribution in [-0.4, -0.2) is 57.6 Å². The highest BCUT2D eigenvalue weighted by Crippen LogP contribution is 2.32. The molecule has 0 aliphatic carbocycles. The summed E-state index contributed by atoms with van der Waals surface area (Å²) in [6.45, 7) is 7.45. The SMILES string of the molecule is CC(=O)N1CCN(C(=O)c2cccc(Nc3c(Oc4cccc(C)c4C)cnn(-c4ccccc4)c3=O)c2)CC1. The summed E-state index contributed by atoms with van der Waals surface area (Å²) in [4.78, 5) is 42.1. The molecule has 9 nitrogen and oxygen atoms in total. The second-order valence-electron chi connectivity index (χ2n) is 9.74. The Hall–Kier alpha value is -4.92. The maximum Gasteiger partial charge on any atom is 0.299 e. The lowest BCUT2D eigenvalue weighted by Gasteiger charge is -2.34. The molecule has 3 aromatic carbocycles. The van der Waals surface area contributed by atoms with Crippen molar-refractivity contribution < 1.29 is 14.3 Å². The van der Waals surface area contributed by atoms with Crippen molar-refractivity contribution in [1.29, 1.82) is 0 Å². The molecule has 1 N–H and O–H groups in total. The van der Waals surface area contributed by atoms with Gasteiger partial charge in [0.25, 0.3) is 11.5 Å². The molecule has 0 radical (unpaired) electrons. The van der Waals surface area contributed by atoms with Crippen LogP contribution in [0.5, 0.6) is 11.5 Å². The van der Waals surface area contributed by atoms with E-state index in [0.717, 1.165) is 11.1 Å². The largest absolute Gasteiger partial charge is 0.453 e. The van der Waals surface area contributed by atoms with Gasteiger partial charge in [0.2, 0.25) is 5.91 Å².